The molecule has 5 nitrogen and oxygen atoms in total. The largest absolute Gasteiger partial charge is 0.464 e. The van der Waals surface area contributed by atoms with Crippen molar-refractivity contribution in [3.63, 3.8) is 0 Å². The first-order valence-electron chi connectivity index (χ1n) is 9.43. The predicted molar refractivity (Wildman–Crippen MR) is 116 cm³/mol. The molecule has 2 aromatic rings. The summed E-state index contributed by atoms with van der Waals surface area (Å²) in [6, 6.07) is 14.6. The van der Waals surface area contributed by atoms with Crippen LogP contribution in [0.1, 0.15) is 38.7 Å². The number of ketones is 1. The van der Waals surface area contributed by atoms with E-state index in [4.69, 9.17) is 33.0 Å². The van der Waals surface area contributed by atoms with Gasteiger partial charge in [0, 0.05) is 18.4 Å². The number of hydrogen-bond acceptors (Lipinski definition) is 5. The molecule has 152 valence electrons. The predicted octanol–water partition coefficient (Wildman–Crippen LogP) is 5.28. The highest BCUT2D eigenvalue weighted by atomic mass is 35.5. The highest BCUT2D eigenvalue weighted by Gasteiger charge is 2.51. The van der Waals surface area contributed by atoms with Gasteiger partial charge in [0.25, 0.3) is 0 Å². The highest BCUT2D eigenvalue weighted by Crippen LogP contribution is 2.41. The monoisotopic (exact) mass is 432 g/mol. The summed E-state index contributed by atoms with van der Waals surface area (Å²) >= 11 is 12.8. The van der Waals surface area contributed by atoms with Crippen LogP contribution in [0.5, 0.6) is 0 Å². The third kappa shape index (κ3) is 4.31. The van der Waals surface area contributed by atoms with Crippen molar-refractivity contribution in [2.24, 2.45) is 5.10 Å². The number of carbonyl (C=O) groups excluding carboxylic acids is 2. The van der Waals surface area contributed by atoms with Crippen molar-refractivity contribution in [1.82, 2.24) is 0 Å². The SMILES string of the molecule is CCOC(=O)C1(CCC(C)=O)CC(c2c(Cl)cccc2Cl)=NN1c1ccccc1. The molecule has 1 unspecified atom stereocenters. The van der Waals surface area contributed by atoms with E-state index in [1.807, 2.05) is 30.3 Å². The molecular formula is C22H22Cl2N2O3. The van der Waals surface area contributed by atoms with Crippen LogP contribution in [0.4, 0.5) is 5.69 Å². The Morgan fingerprint density at radius 3 is 2.34 bits per heavy atom. The molecule has 0 spiro atoms. The molecular weight excluding hydrogens is 411 g/mol. The van der Waals surface area contributed by atoms with Crippen molar-refractivity contribution >= 4 is 46.4 Å². The van der Waals surface area contributed by atoms with Gasteiger partial charge in [0.2, 0.25) is 0 Å². The molecule has 0 fully saturated rings. The Morgan fingerprint density at radius 1 is 1.10 bits per heavy atom. The van der Waals surface area contributed by atoms with Gasteiger partial charge in [0.15, 0.2) is 5.54 Å². The fourth-order valence-corrected chi connectivity index (χ4v) is 4.11. The minimum Gasteiger partial charge on any atom is -0.464 e. The Labute approximate surface area is 180 Å². The van der Waals surface area contributed by atoms with Gasteiger partial charge in [-0.1, -0.05) is 47.5 Å². The smallest absolute Gasteiger partial charge is 0.334 e. The summed E-state index contributed by atoms with van der Waals surface area (Å²) in [6.07, 6.45) is 0.726. The molecule has 0 aromatic heterocycles. The van der Waals surface area contributed by atoms with Gasteiger partial charge in [-0.25, -0.2) is 9.80 Å². The fourth-order valence-electron chi connectivity index (χ4n) is 3.49. The molecule has 0 aliphatic carbocycles. The summed E-state index contributed by atoms with van der Waals surface area (Å²) in [5.74, 6) is -0.432. The number of halogens is 2. The van der Waals surface area contributed by atoms with Crippen LogP contribution in [0.25, 0.3) is 0 Å². The molecule has 1 aliphatic rings. The Morgan fingerprint density at radius 2 is 1.76 bits per heavy atom. The van der Waals surface area contributed by atoms with Gasteiger partial charge in [-0.2, -0.15) is 5.10 Å². The molecule has 0 saturated carbocycles. The maximum atomic E-state index is 13.2. The van der Waals surface area contributed by atoms with Gasteiger partial charge in [0.05, 0.1) is 28.1 Å². The molecule has 0 amide bonds. The van der Waals surface area contributed by atoms with Crippen LogP contribution in [0.15, 0.2) is 53.6 Å². The summed E-state index contributed by atoms with van der Waals surface area (Å²) in [7, 11) is 0. The molecule has 2 aromatic carbocycles. The fraction of sp³-hybridized carbons (Fsp3) is 0.318. The van der Waals surface area contributed by atoms with Gasteiger partial charge in [-0.05, 0) is 44.5 Å². The molecule has 3 rings (SSSR count). The van der Waals surface area contributed by atoms with Gasteiger partial charge in [-0.3, -0.25) is 0 Å². The van der Waals surface area contributed by atoms with E-state index in [1.165, 1.54) is 6.92 Å². The van der Waals surface area contributed by atoms with Gasteiger partial charge in [0.1, 0.15) is 5.78 Å². The first kappa shape index (κ1) is 21.3. The zero-order chi connectivity index (χ0) is 21.0. The summed E-state index contributed by atoms with van der Waals surface area (Å²) in [6.45, 7) is 3.49. The van der Waals surface area contributed by atoms with Crippen LogP contribution < -0.4 is 5.01 Å². The van der Waals surface area contributed by atoms with Crippen molar-refractivity contribution in [2.75, 3.05) is 11.6 Å². The number of ether oxygens (including phenoxy) is 1. The summed E-state index contributed by atoms with van der Waals surface area (Å²) in [4.78, 5) is 25.0. The lowest BCUT2D eigenvalue weighted by atomic mass is 9.85. The van der Waals surface area contributed by atoms with E-state index in [-0.39, 0.29) is 31.7 Å². The van der Waals surface area contributed by atoms with E-state index < -0.39 is 11.5 Å². The minimum absolute atomic E-state index is 0.00842. The molecule has 1 atom stereocenters. The van der Waals surface area contributed by atoms with E-state index in [0.29, 0.717) is 21.3 Å². The third-order valence-corrected chi connectivity index (χ3v) is 5.51. The van der Waals surface area contributed by atoms with E-state index in [2.05, 4.69) is 0 Å². The molecule has 1 heterocycles. The normalized spacial score (nSPS) is 18.5. The van der Waals surface area contributed by atoms with Crippen LogP contribution in [-0.4, -0.2) is 29.6 Å². The number of carbonyl (C=O) groups is 2. The Hall–Kier alpha value is -2.37. The maximum Gasteiger partial charge on any atom is 0.334 e. The average molecular weight is 433 g/mol. The third-order valence-electron chi connectivity index (χ3n) is 4.88. The highest BCUT2D eigenvalue weighted by molar-refractivity contribution is 6.40. The molecule has 29 heavy (non-hydrogen) atoms. The Kier molecular flexibility index (Phi) is 6.60. The standard InChI is InChI=1S/C22H22Cl2N2O3/c1-3-29-21(28)22(13-12-15(2)27)14-19(20-17(23)10-7-11-18(20)24)25-26(22)16-8-5-4-6-9-16/h4-11H,3,12-14H2,1-2H3. The van der Waals surface area contributed by atoms with Crippen molar-refractivity contribution in [3.05, 3.63) is 64.1 Å². The Bertz CT molecular complexity index is 926. The quantitative estimate of drug-likeness (QED) is 0.558. The average Bonchev–Trinajstić information content (AvgIpc) is 3.08. The lowest BCUT2D eigenvalue weighted by Crippen LogP contribution is -2.51. The number of esters is 1. The maximum absolute atomic E-state index is 13.2. The second kappa shape index (κ2) is 8.97. The van der Waals surface area contributed by atoms with Crippen molar-refractivity contribution in [1.29, 1.82) is 0 Å². The van der Waals surface area contributed by atoms with Crippen LogP contribution in [0.3, 0.4) is 0 Å². The summed E-state index contributed by atoms with van der Waals surface area (Å²) < 4.78 is 5.43. The number of Topliss-reactive ketones (excluding diaryl/α,β-unsaturated/α-hetero) is 1. The molecule has 0 saturated heterocycles. The topological polar surface area (TPSA) is 59.0 Å². The number of para-hydroxylation sites is 1. The summed E-state index contributed by atoms with van der Waals surface area (Å²) in [5, 5.41) is 7.32. The summed E-state index contributed by atoms with van der Waals surface area (Å²) in [5.41, 5.74) is 0.745. The van der Waals surface area contributed by atoms with Crippen LogP contribution in [0, 0.1) is 0 Å². The number of rotatable bonds is 7. The second-order valence-corrected chi connectivity index (χ2v) is 7.74. The number of benzene rings is 2. The van der Waals surface area contributed by atoms with E-state index in [0.717, 1.165) is 5.69 Å². The van der Waals surface area contributed by atoms with Crippen LogP contribution in [-0.2, 0) is 14.3 Å². The first-order chi connectivity index (χ1) is 13.9. The number of anilines is 1. The lowest BCUT2D eigenvalue weighted by Gasteiger charge is -2.35. The van der Waals surface area contributed by atoms with Gasteiger partial charge >= 0.3 is 5.97 Å². The Balaban J connectivity index is 2.15. The van der Waals surface area contributed by atoms with E-state index >= 15 is 0 Å². The molecule has 0 N–H and O–H groups in total. The number of hydrazone groups is 1. The number of hydrogen-bond donors (Lipinski definition) is 0. The van der Waals surface area contributed by atoms with Gasteiger partial charge < -0.3 is 9.53 Å². The van der Waals surface area contributed by atoms with Crippen LogP contribution >= 0.6 is 23.2 Å². The van der Waals surface area contributed by atoms with Crippen LogP contribution in [0.2, 0.25) is 10.0 Å². The van der Waals surface area contributed by atoms with Gasteiger partial charge in [-0.15, -0.1) is 0 Å². The first-order valence-corrected chi connectivity index (χ1v) is 10.2. The molecule has 1 aliphatic heterocycles. The van der Waals surface area contributed by atoms with E-state index in [9.17, 15) is 9.59 Å². The van der Waals surface area contributed by atoms with E-state index in [1.54, 1.807) is 30.1 Å². The zero-order valence-corrected chi connectivity index (χ0v) is 17.8. The molecule has 0 radical (unpaired) electrons. The lowest BCUT2D eigenvalue weighted by molar-refractivity contribution is -0.149. The van der Waals surface area contributed by atoms with Crippen molar-refractivity contribution < 1.29 is 14.3 Å². The minimum atomic E-state index is -1.15. The van der Waals surface area contributed by atoms with Crippen molar-refractivity contribution in [2.45, 2.75) is 38.6 Å². The molecule has 0 bridgehead atoms. The molecule has 7 heteroatoms. The second-order valence-electron chi connectivity index (χ2n) is 6.92. The van der Waals surface area contributed by atoms with Crippen molar-refractivity contribution in [3.8, 4) is 0 Å². The number of nitrogens with zero attached hydrogens (tertiary/aromatic N) is 2. The zero-order valence-electron chi connectivity index (χ0n) is 16.3.